The van der Waals surface area contributed by atoms with Gasteiger partial charge in [0, 0.05) is 0 Å². The van der Waals surface area contributed by atoms with E-state index in [2.05, 4.69) is 45.1 Å². The molecule has 2 nitrogen and oxygen atoms in total. The second-order valence-corrected chi connectivity index (χ2v) is 7.95. The number of rotatable bonds is 12. The lowest BCUT2D eigenvalue weighted by Gasteiger charge is -2.15. The van der Waals surface area contributed by atoms with Gasteiger partial charge in [0.1, 0.15) is 12.2 Å². The van der Waals surface area contributed by atoms with Gasteiger partial charge < -0.3 is 9.47 Å². The van der Waals surface area contributed by atoms with Crippen LogP contribution in [0.2, 0.25) is 0 Å². The van der Waals surface area contributed by atoms with Crippen molar-refractivity contribution in [2.45, 2.75) is 110 Å². The molecule has 0 N–H and O–H groups in total. The van der Waals surface area contributed by atoms with Gasteiger partial charge >= 0.3 is 0 Å². The van der Waals surface area contributed by atoms with E-state index in [1.165, 1.54) is 44.9 Å². The van der Waals surface area contributed by atoms with E-state index in [1.807, 2.05) is 13.8 Å². The Kier molecular flexibility index (Phi) is 10.6. The van der Waals surface area contributed by atoms with Crippen molar-refractivity contribution >= 4 is 0 Å². The Morgan fingerprint density at radius 1 is 0.833 bits per heavy atom. The van der Waals surface area contributed by atoms with Crippen LogP contribution in [0.1, 0.15) is 92.4 Å². The van der Waals surface area contributed by atoms with Crippen molar-refractivity contribution in [3.05, 3.63) is 24.3 Å². The van der Waals surface area contributed by atoms with Gasteiger partial charge in [0.2, 0.25) is 0 Å². The van der Waals surface area contributed by atoms with Crippen LogP contribution < -0.4 is 0 Å². The fourth-order valence-corrected chi connectivity index (χ4v) is 3.05. The molecule has 0 spiro atoms. The van der Waals surface area contributed by atoms with Gasteiger partial charge in [0.25, 0.3) is 0 Å². The highest BCUT2D eigenvalue weighted by Crippen LogP contribution is 2.30. The minimum Gasteiger partial charge on any atom is -0.340 e. The van der Waals surface area contributed by atoms with E-state index in [0.29, 0.717) is 0 Å². The highest BCUT2D eigenvalue weighted by atomic mass is 16.7. The molecule has 1 aliphatic heterocycles. The van der Waals surface area contributed by atoms with Crippen LogP contribution in [0.5, 0.6) is 0 Å². The Morgan fingerprint density at radius 2 is 1.38 bits per heavy atom. The van der Waals surface area contributed by atoms with Gasteiger partial charge in [0.05, 0.1) is 0 Å². The maximum Gasteiger partial charge on any atom is 0.164 e. The summed E-state index contributed by atoms with van der Waals surface area (Å²) in [5.41, 5.74) is 0. The molecule has 1 saturated heterocycles. The lowest BCUT2D eigenvalue weighted by atomic mass is 10.1. The second-order valence-electron chi connectivity index (χ2n) is 7.95. The molecule has 1 heterocycles. The fraction of sp³-hybridized carbons (Fsp3) is 0.818. The van der Waals surface area contributed by atoms with Crippen LogP contribution in [0.3, 0.4) is 0 Å². The van der Waals surface area contributed by atoms with Crippen molar-refractivity contribution in [1.82, 2.24) is 0 Å². The van der Waals surface area contributed by atoms with Crippen molar-refractivity contribution < 1.29 is 9.47 Å². The molecule has 2 atom stereocenters. The monoisotopic (exact) mass is 336 g/mol. The summed E-state index contributed by atoms with van der Waals surface area (Å²) in [5.74, 6) is 0.266. The van der Waals surface area contributed by atoms with Gasteiger partial charge in [0.15, 0.2) is 5.79 Å². The summed E-state index contributed by atoms with van der Waals surface area (Å²) in [5, 5.41) is 0. The van der Waals surface area contributed by atoms with E-state index >= 15 is 0 Å². The van der Waals surface area contributed by atoms with Gasteiger partial charge in [-0.05, 0) is 45.4 Å². The van der Waals surface area contributed by atoms with Gasteiger partial charge in [-0.25, -0.2) is 0 Å². The van der Waals surface area contributed by atoms with E-state index < -0.39 is 5.79 Å². The zero-order valence-electron chi connectivity index (χ0n) is 16.7. The van der Waals surface area contributed by atoms with Crippen molar-refractivity contribution in [3.63, 3.8) is 0 Å². The van der Waals surface area contributed by atoms with Gasteiger partial charge in [-0.3, -0.25) is 0 Å². The minimum atomic E-state index is -0.484. The highest BCUT2D eigenvalue weighted by molar-refractivity contribution is 5.06. The Hall–Kier alpha value is -0.600. The molecule has 0 amide bonds. The first-order valence-electron chi connectivity index (χ1n) is 10.1. The van der Waals surface area contributed by atoms with Crippen LogP contribution in [0.15, 0.2) is 24.3 Å². The molecule has 2 heteroatoms. The summed E-state index contributed by atoms with van der Waals surface area (Å²) < 4.78 is 12.1. The maximum absolute atomic E-state index is 6.04. The van der Waals surface area contributed by atoms with Gasteiger partial charge in [-0.1, -0.05) is 77.2 Å². The standard InChI is InChI=1S/C22H40O2/c1-6-7-8-9-10-11-12-13-17-20-21(24-22(4,5)23-20)18-15-14-16-19(2)3/h13,15,17-21H,6-12,14,16H2,1-5H3/b17-13+,18-15+/t20-,21+/m1/s1. The van der Waals surface area contributed by atoms with E-state index in [-0.39, 0.29) is 12.2 Å². The third kappa shape index (κ3) is 9.64. The minimum absolute atomic E-state index is 0.0490. The van der Waals surface area contributed by atoms with Crippen molar-refractivity contribution in [2.75, 3.05) is 0 Å². The van der Waals surface area contributed by atoms with Crippen molar-refractivity contribution in [2.24, 2.45) is 5.92 Å². The molecule has 0 unspecified atom stereocenters. The van der Waals surface area contributed by atoms with Crippen molar-refractivity contribution in [1.29, 1.82) is 0 Å². The second kappa shape index (κ2) is 11.9. The Bertz CT molecular complexity index is 368. The summed E-state index contributed by atoms with van der Waals surface area (Å²) >= 11 is 0. The zero-order valence-corrected chi connectivity index (χ0v) is 16.7. The first-order valence-corrected chi connectivity index (χ1v) is 10.1. The molecule has 1 aliphatic rings. The molecule has 1 rings (SSSR count). The predicted octanol–water partition coefficient (Wildman–Crippen LogP) is 6.81. The number of ether oxygens (including phenoxy) is 2. The molecular weight excluding hydrogens is 296 g/mol. The molecule has 140 valence electrons. The quantitative estimate of drug-likeness (QED) is 0.288. The summed E-state index contributed by atoms with van der Waals surface area (Å²) in [6.45, 7) is 10.8. The van der Waals surface area contributed by atoms with E-state index in [4.69, 9.17) is 9.47 Å². The summed E-state index contributed by atoms with van der Waals surface area (Å²) in [7, 11) is 0. The first kappa shape index (κ1) is 21.4. The topological polar surface area (TPSA) is 18.5 Å². The van der Waals surface area contributed by atoms with Gasteiger partial charge in [-0.2, -0.15) is 0 Å². The molecule has 0 aromatic heterocycles. The molecular formula is C22H40O2. The fourth-order valence-electron chi connectivity index (χ4n) is 3.05. The van der Waals surface area contributed by atoms with Crippen LogP contribution in [-0.4, -0.2) is 18.0 Å². The van der Waals surface area contributed by atoms with Crippen LogP contribution in [0.25, 0.3) is 0 Å². The SMILES string of the molecule is CCCCCCCC/C=C/[C@H]1OC(C)(C)O[C@H]1/C=C/CCC(C)C. The number of hydrogen-bond donors (Lipinski definition) is 0. The molecule has 0 aromatic carbocycles. The molecule has 0 saturated carbocycles. The Labute approximate surface area is 150 Å². The van der Waals surface area contributed by atoms with Crippen LogP contribution >= 0.6 is 0 Å². The average molecular weight is 337 g/mol. The van der Waals surface area contributed by atoms with Crippen LogP contribution in [-0.2, 0) is 9.47 Å². The smallest absolute Gasteiger partial charge is 0.164 e. The maximum atomic E-state index is 6.04. The number of unbranched alkanes of at least 4 members (excludes halogenated alkanes) is 6. The largest absolute Gasteiger partial charge is 0.340 e. The molecule has 0 aromatic rings. The molecule has 0 radical (unpaired) electrons. The molecule has 0 aliphatic carbocycles. The first-order chi connectivity index (χ1) is 11.4. The van der Waals surface area contributed by atoms with E-state index in [0.717, 1.165) is 18.8 Å². The highest BCUT2D eigenvalue weighted by Gasteiger charge is 2.38. The third-order valence-electron chi connectivity index (χ3n) is 4.45. The summed E-state index contributed by atoms with van der Waals surface area (Å²) in [4.78, 5) is 0. The summed E-state index contributed by atoms with van der Waals surface area (Å²) in [6, 6.07) is 0. The Morgan fingerprint density at radius 3 is 1.96 bits per heavy atom. The zero-order chi connectivity index (χ0) is 17.8. The van der Waals surface area contributed by atoms with E-state index in [1.54, 1.807) is 0 Å². The Balaban J connectivity index is 2.32. The molecule has 24 heavy (non-hydrogen) atoms. The summed E-state index contributed by atoms with van der Waals surface area (Å²) in [6.07, 6.45) is 20.6. The lowest BCUT2D eigenvalue weighted by Crippen LogP contribution is -2.20. The molecule has 1 fully saturated rings. The normalized spacial score (nSPS) is 23.9. The van der Waals surface area contributed by atoms with Gasteiger partial charge in [-0.15, -0.1) is 0 Å². The average Bonchev–Trinajstić information content (AvgIpc) is 2.80. The number of hydrogen-bond acceptors (Lipinski definition) is 2. The lowest BCUT2D eigenvalue weighted by molar-refractivity contribution is -0.139. The van der Waals surface area contributed by atoms with Crippen LogP contribution in [0.4, 0.5) is 0 Å². The predicted molar refractivity (Wildman–Crippen MR) is 104 cm³/mol. The number of allylic oxidation sites excluding steroid dienone is 2. The van der Waals surface area contributed by atoms with Crippen LogP contribution in [0, 0.1) is 5.92 Å². The molecule has 0 bridgehead atoms. The van der Waals surface area contributed by atoms with E-state index in [9.17, 15) is 0 Å². The van der Waals surface area contributed by atoms with Crippen molar-refractivity contribution in [3.8, 4) is 0 Å². The third-order valence-corrected chi connectivity index (χ3v) is 4.45.